The molecule has 0 atom stereocenters. The predicted octanol–water partition coefficient (Wildman–Crippen LogP) is 4.34. The number of amides is 1. The SMILES string of the molecule is Cc1ccc(CN2CCN(C(=O)OC(C)(C)C)C3(CC3)C2)cc1Br. The molecule has 1 aliphatic heterocycles. The molecule has 3 rings (SSSR count). The maximum atomic E-state index is 12.5. The lowest BCUT2D eigenvalue weighted by atomic mass is 10.1. The zero-order chi connectivity index (χ0) is 17.5. The second-order valence-corrected chi connectivity index (χ2v) is 9.00. The molecule has 1 heterocycles. The van der Waals surface area contributed by atoms with Gasteiger partial charge in [-0.3, -0.25) is 9.80 Å². The molecule has 1 saturated heterocycles. The van der Waals surface area contributed by atoms with Crippen LogP contribution in [0.2, 0.25) is 0 Å². The van der Waals surface area contributed by atoms with Crippen LogP contribution in [0.4, 0.5) is 4.79 Å². The number of carbonyl (C=O) groups is 1. The summed E-state index contributed by atoms with van der Waals surface area (Å²) in [5.41, 5.74) is 2.14. The number of aryl methyl sites for hydroxylation is 1. The van der Waals surface area contributed by atoms with Crippen LogP contribution in [0.15, 0.2) is 22.7 Å². The van der Waals surface area contributed by atoms with Crippen molar-refractivity contribution in [1.29, 1.82) is 0 Å². The first-order valence-corrected chi connectivity index (χ1v) is 9.46. The minimum atomic E-state index is -0.432. The Labute approximate surface area is 153 Å². The van der Waals surface area contributed by atoms with E-state index >= 15 is 0 Å². The molecule has 132 valence electrons. The van der Waals surface area contributed by atoms with Crippen LogP contribution in [0.25, 0.3) is 0 Å². The number of piperazine rings is 1. The summed E-state index contributed by atoms with van der Waals surface area (Å²) in [6.07, 6.45) is 2.01. The maximum absolute atomic E-state index is 12.5. The van der Waals surface area contributed by atoms with Crippen LogP contribution in [-0.4, -0.2) is 46.7 Å². The molecular formula is C19H27BrN2O2. The molecule has 1 spiro atoms. The van der Waals surface area contributed by atoms with Crippen LogP contribution in [0.3, 0.4) is 0 Å². The Balaban J connectivity index is 1.64. The number of rotatable bonds is 2. The van der Waals surface area contributed by atoms with Gasteiger partial charge in [-0.05, 0) is 57.7 Å². The number of carbonyl (C=O) groups excluding carboxylic acids is 1. The second-order valence-electron chi connectivity index (χ2n) is 8.15. The molecule has 1 aliphatic carbocycles. The quantitative estimate of drug-likeness (QED) is 0.747. The highest BCUT2D eigenvalue weighted by atomic mass is 79.9. The van der Waals surface area contributed by atoms with Crippen molar-refractivity contribution in [2.75, 3.05) is 19.6 Å². The highest BCUT2D eigenvalue weighted by Gasteiger charge is 2.54. The van der Waals surface area contributed by atoms with E-state index in [0.717, 1.165) is 43.5 Å². The zero-order valence-electron chi connectivity index (χ0n) is 15.1. The van der Waals surface area contributed by atoms with Crippen LogP contribution < -0.4 is 0 Å². The van der Waals surface area contributed by atoms with Gasteiger partial charge in [0.15, 0.2) is 0 Å². The molecule has 2 fully saturated rings. The molecular weight excluding hydrogens is 368 g/mol. The number of halogens is 1. The summed E-state index contributed by atoms with van der Waals surface area (Å²) in [6, 6.07) is 6.55. The minimum absolute atomic E-state index is 0.00249. The van der Waals surface area contributed by atoms with Crippen LogP contribution >= 0.6 is 15.9 Å². The lowest BCUT2D eigenvalue weighted by molar-refractivity contribution is -0.00808. The fourth-order valence-electron chi connectivity index (χ4n) is 3.36. The fraction of sp³-hybridized carbons (Fsp3) is 0.632. The summed E-state index contributed by atoms with van der Waals surface area (Å²) in [5.74, 6) is 0. The van der Waals surface area contributed by atoms with E-state index in [4.69, 9.17) is 4.74 Å². The molecule has 0 radical (unpaired) electrons. The van der Waals surface area contributed by atoms with Crippen LogP contribution in [-0.2, 0) is 11.3 Å². The van der Waals surface area contributed by atoms with Gasteiger partial charge in [-0.1, -0.05) is 28.1 Å². The van der Waals surface area contributed by atoms with E-state index in [9.17, 15) is 4.79 Å². The number of benzene rings is 1. The van der Waals surface area contributed by atoms with E-state index in [1.54, 1.807) is 0 Å². The van der Waals surface area contributed by atoms with Gasteiger partial charge in [0.1, 0.15) is 5.60 Å². The van der Waals surface area contributed by atoms with Crippen molar-refractivity contribution in [3.63, 3.8) is 0 Å². The summed E-state index contributed by atoms with van der Waals surface area (Å²) in [4.78, 5) is 16.9. The predicted molar refractivity (Wildman–Crippen MR) is 99.1 cm³/mol. The van der Waals surface area contributed by atoms with Crippen molar-refractivity contribution in [1.82, 2.24) is 9.80 Å². The van der Waals surface area contributed by atoms with E-state index in [-0.39, 0.29) is 11.6 Å². The van der Waals surface area contributed by atoms with Crippen LogP contribution in [0.5, 0.6) is 0 Å². The van der Waals surface area contributed by atoms with E-state index in [1.165, 1.54) is 11.1 Å². The Hall–Kier alpha value is -1.07. The van der Waals surface area contributed by atoms with Gasteiger partial charge in [0.05, 0.1) is 5.54 Å². The van der Waals surface area contributed by atoms with Gasteiger partial charge in [-0.2, -0.15) is 0 Å². The Bertz CT molecular complexity index is 635. The van der Waals surface area contributed by atoms with Gasteiger partial charge < -0.3 is 4.74 Å². The third-order valence-corrected chi connectivity index (χ3v) is 5.67. The van der Waals surface area contributed by atoms with Crippen molar-refractivity contribution in [3.05, 3.63) is 33.8 Å². The molecule has 0 bridgehead atoms. The molecule has 1 aromatic rings. The van der Waals surface area contributed by atoms with Crippen molar-refractivity contribution in [2.45, 2.75) is 58.2 Å². The van der Waals surface area contributed by atoms with Gasteiger partial charge >= 0.3 is 6.09 Å². The van der Waals surface area contributed by atoms with Crippen molar-refractivity contribution < 1.29 is 9.53 Å². The van der Waals surface area contributed by atoms with E-state index < -0.39 is 5.60 Å². The van der Waals surface area contributed by atoms with E-state index in [1.807, 2.05) is 25.7 Å². The molecule has 4 nitrogen and oxygen atoms in total. The van der Waals surface area contributed by atoms with Gasteiger partial charge in [0, 0.05) is 30.7 Å². The Morgan fingerprint density at radius 3 is 2.58 bits per heavy atom. The number of hydrogen-bond donors (Lipinski definition) is 0. The molecule has 1 saturated carbocycles. The number of hydrogen-bond acceptors (Lipinski definition) is 3. The standard InChI is InChI=1S/C19H27BrN2O2/c1-14-5-6-15(11-16(14)20)12-21-9-10-22(19(13-21)7-8-19)17(23)24-18(2,3)4/h5-6,11H,7-10,12-13H2,1-4H3. The first-order valence-electron chi connectivity index (χ1n) is 8.67. The third-order valence-electron chi connectivity index (χ3n) is 4.81. The average molecular weight is 395 g/mol. The zero-order valence-corrected chi connectivity index (χ0v) is 16.6. The fourth-order valence-corrected chi connectivity index (χ4v) is 3.79. The van der Waals surface area contributed by atoms with Crippen molar-refractivity contribution in [2.24, 2.45) is 0 Å². The highest BCUT2D eigenvalue weighted by molar-refractivity contribution is 9.10. The van der Waals surface area contributed by atoms with Crippen LogP contribution in [0, 0.1) is 6.92 Å². The molecule has 24 heavy (non-hydrogen) atoms. The molecule has 0 N–H and O–H groups in total. The van der Waals surface area contributed by atoms with Crippen molar-refractivity contribution in [3.8, 4) is 0 Å². The van der Waals surface area contributed by atoms with Gasteiger partial charge in [-0.15, -0.1) is 0 Å². The van der Waals surface area contributed by atoms with Gasteiger partial charge in [0.2, 0.25) is 0 Å². The molecule has 0 unspecified atom stereocenters. The smallest absolute Gasteiger partial charge is 0.410 e. The monoisotopic (exact) mass is 394 g/mol. The first-order chi connectivity index (χ1) is 11.2. The van der Waals surface area contributed by atoms with Gasteiger partial charge in [-0.25, -0.2) is 4.79 Å². The summed E-state index contributed by atoms with van der Waals surface area (Å²) >= 11 is 3.61. The Morgan fingerprint density at radius 2 is 2.00 bits per heavy atom. The Kier molecular flexibility index (Phi) is 4.69. The molecule has 5 heteroatoms. The maximum Gasteiger partial charge on any atom is 0.410 e. The Morgan fingerprint density at radius 1 is 1.29 bits per heavy atom. The normalized spacial score (nSPS) is 20.3. The highest BCUT2D eigenvalue weighted by Crippen LogP contribution is 2.45. The molecule has 0 aromatic heterocycles. The number of ether oxygens (including phenoxy) is 1. The lowest BCUT2D eigenvalue weighted by Gasteiger charge is -2.42. The average Bonchev–Trinajstić information content (AvgIpc) is 3.21. The summed E-state index contributed by atoms with van der Waals surface area (Å²) in [6.45, 7) is 11.4. The molecule has 1 amide bonds. The second kappa shape index (κ2) is 6.34. The van der Waals surface area contributed by atoms with Crippen LogP contribution in [0.1, 0.15) is 44.7 Å². The lowest BCUT2D eigenvalue weighted by Crippen LogP contribution is -2.57. The van der Waals surface area contributed by atoms with Crippen molar-refractivity contribution >= 4 is 22.0 Å². The third kappa shape index (κ3) is 3.94. The minimum Gasteiger partial charge on any atom is -0.444 e. The topological polar surface area (TPSA) is 32.8 Å². The summed E-state index contributed by atoms with van der Waals surface area (Å²) < 4.78 is 6.76. The van der Waals surface area contributed by atoms with Gasteiger partial charge in [0.25, 0.3) is 0 Å². The molecule has 2 aliphatic rings. The van der Waals surface area contributed by atoms with E-state index in [2.05, 4.69) is 46.0 Å². The first kappa shape index (κ1) is 17.7. The number of nitrogens with zero attached hydrogens (tertiary/aromatic N) is 2. The van der Waals surface area contributed by atoms with E-state index in [0.29, 0.717) is 0 Å². The summed E-state index contributed by atoms with van der Waals surface area (Å²) in [5, 5.41) is 0. The summed E-state index contributed by atoms with van der Waals surface area (Å²) in [7, 11) is 0. The largest absolute Gasteiger partial charge is 0.444 e. The molecule has 1 aromatic carbocycles.